The molecular weight excluding hydrogens is 328 g/mol. The lowest BCUT2D eigenvalue weighted by Crippen LogP contribution is -1.86. The molecule has 0 radical (unpaired) electrons. The van der Waals surface area contributed by atoms with Crippen molar-refractivity contribution in [3.8, 4) is 0 Å². The smallest absolute Gasteiger partial charge is 0.221 e. The monoisotopic (exact) mass is 370 g/mol. The summed E-state index contributed by atoms with van der Waals surface area (Å²) in [6.07, 6.45) is 29.3. The second kappa shape index (κ2) is 21.7. The fourth-order valence-electron chi connectivity index (χ4n) is 3.23. The van der Waals surface area contributed by atoms with Gasteiger partial charge in [0.1, 0.15) is 0 Å². The Balaban J connectivity index is 3.01. The van der Waals surface area contributed by atoms with Gasteiger partial charge in [-0.25, -0.2) is 0 Å². The van der Waals surface area contributed by atoms with Crippen LogP contribution >= 0.6 is 11.6 Å². The van der Waals surface area contributed by atoms with E-state index < -0.39 is 0 Å². The number of halogens is 1. The lowest BCUT2D eigenvalue weighted by Gasteiger charge is -2.03. The second-order valence-corrected chi connectivity index (χ2v) is 7.88. The summed E-state index contributed by atoms with van der Waals surface area (Å²) >= 11 is 5.32. The topological polar surface area (TPSA) is 17.1 Å². The van der Waals surface area contributed by atoms with Gasteiger partial charge < -0.3 is 0 Å². The van der Waals surface area contributed by atoms with Gasteiger partial charge in [-0.3, -0.25) is 4.79 Å². The largest absolute Gasteiger partial charge is 0.281 e. The third kappa shape index (κ3) is 23.7. The summed E-state index contributed by atoms with van der Waals surface area (Å²) in [7, 11) is 0. The first kappa shape index (κ1) is 24.7. The quantitative estimate of drug-likeness (QED) is 0.119. The predicted octanol–water partition coefficient (Wildman–Crippen LogP) is 8.74. The van der Waals surface area contributed by atoms with Crippen molar-refractivity contribution in [2.75, 3.05) is 0 Å². The standard InChI is InChI=1S/C23H43ClO/c1-2-3-4-5-6-7-8-9-10-11-12-13-14-15-16-17-18-19-20-21-22-23(24)25/h4-5H,2-3,6-22H2,1H3/b5-4+. The molecule has 0 saturated heterocycles. The van der Waals surface area contributed by atoms with Crippen LogP contribution < -0.4 is 0 Å². The van der Waals surface area contributed by atoms with E-state index in [2.05, 4.69) is 19.1 Å². The van der Waals surface area contributed by atoms with Crippen LogP contribution in [0.2, 0.25) is 0 Å². The molecule has 0 spiro atoms. The van der Waals surface area contributed by atoms with Gasteiger partial charge in [0.25, 0.3) is 0 Å². The summed E-state index contributed by atoms with van der Waals surface area (Å²) in [6, 6.07) is 0. The highest BCUT2D eigenvalue weighted by Gasteiger charge is 1.97. The van der Waals surface area contributed by atoms with Crippen LogP contribution in [0.1, 0.15) is 129 Å². The highest BCUT2D eigenvalue weighted by atomic mass is 35.5. The minimum Gasteiger partial charge on any atom is -0.281 e. The number of rotatable bonds is 20. The van der Waals surface area contributed by atoms with Gasteiger partial charge in [0.05, 0.1) is 0 Å². The number of hydrogen-bond donors (Lipinski definition) is 0. The zero-order valence-electron chi connectivity index (χ0n) is 16.9. The van der Waals surface area contributed by atoms with Crippen molar-refractivity contribution in [1.29, 1.82) is 0 Å². The molecule has 0 aromatic heterocycles. The first-order valence-electron chi connectivity index (χ1n) is 11.1. The molecule has 0 amide bonds. The Morgan fingerprint density at radius 1 is 0.600 bits per heavy atom. The lowest BCUT2D eigenvalue weighted by atomic mass is 10.0. The third-order valence-corrected chi connectivity index (χ3v) is 5.06. The highest BCUT2D eigenvalue weighted by Crippen LogP contribution is 2.14. The van der Waals surface area contributed by atoms with E-state index in [0.29, 0.717) is 6.42 Å². The summed E-state index contributed by atoms with van der Waals surface area (Å²) in [5.74, 6) is 0. The van der Waals surface area contributed by atoms with Gasteiger partial charge in [0, 0.05) is 6.42 Å². The number of unbranched alkanes of at least 4 members (excludes halogenated alkanes) is 16. The van der Waals surface area contributed by atoms with E-state index in [1.165, 1.54) is 103 Å². The summed E-state index contributed by atoms with van der Waals surface area (Å²) in [5.41, 5.74) is 0. The van der Waals surface area contributed by atoms with Gasteiger partial charge in [-0.15, -0.1) is 0 Å². The van der Waals surface area contributed by atoms with Crippen molar-refractivity contribution in [2.45, 2.75) is 129 Å². The molecule has 0 fully saturated rings. The maximum absolute atomic E-state index is 10.6. The number of carbonyl (C=O) groups excluding carboxylic acids is 1. The fourth-order valence-corrected chi connectivity index (χ4v) is 3.36. The third-order valence-electron chi connectivity index (χ3n) is 4.87. The number of allylic oxidation sites excluding steroid dienone is 2. The molecule has 0 aliphatic rings. The van der Waals surface area contributed by atoms with Crippen molar-refractivity contribution in [3.63, 3.8) is 0 Å². The molecule has 25 heavy (non-hydrogen) atoms. The van der Waals surface area contributed by atoms with Crippen LogP contribution in [0.15, 0.2) is 12.2 Å². The maximum Gasteiger partial charge on any atom is 0.221 e. The van der Waals surface area contributed by atoms with E-state index in [4.69, 9.17) is 11.6 Å². The van der Waals surface area contributed by atoms with E-state index in [1.807, 2.05) is 0 Å². The number of hydrogen-bond acceptors (Lipinski definition) is 1. The molecule has 0 heterocycles. The van der Waals surface area contributed by atoms with Gasteiger partial charge in [-0.1, -0.05) is 109 Å². The molecule has 0 aliphatic carbocycles. The van der Waals surface area contributed by atoms with Crippen molar-refractivity contribution >= 4 is 16.8 Å². The molecular formula is C23H43ClO. The molecule has 0 N–H and O–H groups in total. The summed E-state index contributed by atoms with van der Waals surface area (Å²) < 4.78 is 0. The molecule has 0 saturated carbocycles. The molecule has 0 atom stereocenters. The highest BCUT2D eigenvalue weighted by molar-refractivity contribution is 6.63. The average Bonchev–Trinajstić information content (AvgIpc) is 2.60. The van der Waals surface area contributed by atoms with Crippen molar-refractivity contribution in [1.82, 2.24) is 0 Å². The lowest BCUT2D eigenvalue weighted by molar-refractivity contribution is -0.111. The molecule has 2 heteroatoms. The minimum atomic E-state index is -0.181. The van der Waals surface area contributed by atoms with Crippen LogP contribution in [0.5, 0.6) is 0 Å². The van der Waals surface area contributed by atoms with E-state index in [9.17, 15) is 4.79 Å². The van der Waals surface area contributed by atoms with Gasteiger partial charge in [0.2, 0.25) is 5.24 Å². The summed E-state index contributed by atoms with van der Waals surface area (Å²) in [6.45, 7) is 2.24. The molecule has 0 rings (SSSR count). The van der Waals surface area contributed by atoms with Crippen molar-refractivity contribution < 1.29 is 4.79 Å². The first-order chi connectivity index (χ1) is 12.3. The Bertz CT molecular complexity index is 298. The van der Waals surface area contributed by atoms with E-state index >= 15 is 0 Å². The van der Waals surface area contributed by atoms with Gasteiger partial charge in [-0.2, -0.15) is 0 Å². The Hall–Kier alpha value is -0.300. The molecule has 148 valence electrons. The zero-order valence-corrected chi connectivity index (χ0v) is 17.6. The van der Waals surface area contributed by atoms with Gasteiger partial charge in [0.15, 0.2) is 0 Å². The van der Waals surface area contributed by atoms with Crippen LogP contribution in [-0.4, -0.2) is 5.24 Å². The molecule has 0 bridgehead atoms. The van der Waals surface area contributed by atoms with Crippen LogP contribution in [-0.2, 0) is 4.79 Å². The average molecular weight is 371 g/mol. The molecule has 0 aromatic carbocycles. The van der Waals surface area contributed by atoms with Gasteiger partial charge in [-0.05, 0) is 37.3 Å². The van der Waals surface area contributed by atoms with E-state index in [0.717, 1.165) is 12.8 Å². The SMILES string of the molecule is CCC/C=C/CCCCCCCCCCCCCCCCCC(=O)Cl. The number of carbonyl (C=O) groups is 1. The van der Waals surface area contributed by atoms with Crippen LogP contribution in [0.4, 0.5) is 0 Å². The van der Waals surface area contributed by atoms with E-state index in [1.54, 1.807) is 0 Å². The Kier molecular flexibility index (Phi) is 21.5. The van der Waals surface area contributed by atoms with Crippen LogP contribution in [0.25, 0.3) is 0 Å². The fraction of sp³-hybridized carbons (Fsp3) is 0.870. The zero-order chi connectivity index (χ0) is 18.4. The Morgan fingerprint density at radius 2 is 0.960 bits per heavy atom. The molecule has 0 aromatic rings. The maximum atomic E-state index is 10.6. The minimum absolute atomic E-state index is 0.181. The van der Waals surface area contributed by atoms with E-state index in [-0.39, 0.29) is 5.24 Å². The Labute approximate surface area is 163 Å². The molecule has 0 aliphatic heterocycles. The molecule has 0 unspecified atom stereocenters. The first-order valence-corrected chi connectivity index (χ1v) is 11.5. The van der Waals surface area contributed by atoms with Crippen molar-refractivity contribution in [2.24, 2.45) is 0 Å². The van der Waals surface area contributed by atoms with Gasteiger partial charge >= 0.3 is 0 Å². The van der Waals surface area contributed by atoms with Crippen molar-refractivity contribution in [3.05, 3.63) is 12.2 Å². The second-order valence-electron chi connectivity index (χ2n) is 7.46. The summed E-state index contributed by atoms with van der Waals surface area (Å²) in [5, 5.41) is -0.181. The molecule has 1 nitrogen and oxygen atoms in total. The summed E-state index contributed by atoms with van der Waals surface area (Å²) in [4.78, 5) is 10.6. The van der Waals surface area contributed by atoms with Crippen LogP contribution in [0.3, 0.4) is 0 Å². The predicted molar refractivity (Wildman–Crippen MR) is 113 cm³/mol. The van der Waals surface area contributed by atoms with Crippen LogP contribution in [0, 0.1) is 0 Å². The Morgan fingerprint density at radius 3 is 1.36 bits per heavy atom. The normalized spacial score (nSPS) is 11.4.